The minimum absolute atomic E-state index is 0.365. The molecule has 0 aliphatic carbocycles. The van der Waals surface area contributed by atoms with Crippen molar-refractivity contribution in [3.05, 3.63) is 35.9 Å². The van der Waals surface area contributed by atoms with Gasteiger partial charge in [0.2, 0.25) is 0 Å². The highest BCUT2D eigenvalue weighted by atomic mass is 16.5. The van der Waals surface area contributed by atoms with Gasteiger partial charge in [0.15, 0.2) is 0 Å². The minimum Gasteiger partial charge on any atom is -0.463 e. The van der Waals surface area contributed by atoms with Crippen LogP contribution in [0.3, 0.4) is 0 Å². The molecule has 0 amide bonds. The molecule has 0 atom stereocenters. The Morgan fingerprint density at radius 1 is 1.10 bits per heavy atom. The summed E-state index contributed by atoms with van der Waals surface area (Å²) in [6.07, 6.45) is 5.31. The molecular formula is C17H29NO2. The van der Waals surface area contributed by atoms with Crippen LogP contribution in [0.25, 0.3) is 0 Å². The molecule has 0 unspecified atom stereocenters. The van der Waals surface area contributed by atoms with Crippen LogP contribution in [0.5, 0.6) is 0 Å². The van der Waals surface area contributed by atoms with Gasteiger partial charge in [0, 0.05) is 6.04 Å². The summed E-state index contributed by atoms with van der Waals surface area (Å²) in [6, 6.07) is 10.4. The van der Waals surface area contributed by atoms with Crippen molar-refractivity contribution < 1.29 is 9.53 Å². The Balaban J connectivity index is 0.000000361. The lowest BCUT2D eigenvalue weighted by atomic mass is 10.1. The summed E-state index contributed by atoms with van der Waals surface area (Å²) in [7, 11) is 4.35. The van der Waals surface area contributed by atoms with Gasteiger partial charge in [-0.05, 0) is 32.5 Å². The highest BCUT2D eigenvalue weighted by Gasteiger charge is 2.07. The van der Waals surface area contributed by atoms with Crippen molar-refractivity contribution >= 4 is 6.47 Å². The molecule has 0 N–H and O–H groups in total. The standard InChI is InChI=1S/C9H21N.C8H8O2/c1-5-7-9(8-6-2)10(3)4;9-7-10-6-8-4-2-1-3-5-8/h9H,5-8H2,1-4H3;1-5,7H,6H2. The molecule has 0 heterocycles. The molecule has 0 fully saturated rings. The lowest BCUT2D eigenvalue weighted by Gasteiger charge is -2.22. The number of ether oxygens (including phenoxy) is 1. The molecule has 1 aromatic rings. The van der Waals surface area contributed by atoms with Crippen molar-refractivity contribution in [1.29, 1.82) is 0 Å². The molecule has 0 spiro atoms. The molecule has 0 saturated heterocycles. The number of carbonyl (C=O) groups is 1. The second-order valence-corrected chi connectivity index (χ2v) is 5.09. The predicted molar refractivity (Wildman–Crippen MR) is 84.6 cm³/mol. The zero-order chi connectivity index (χ0) is 15.2. The third-order valence-corrected chi connectivity index (χ3v) is 3.13. The molecule has 0 aromatic heterocycles. The van der Waals surface area contributed by atoms with Crippen LogP contribution in [0.2, 0.25) is 0 Å². The third kappa shape index (κ3) is 9.56. The fourth-order valence-electron chi connectivity index (χ4n) is 2.03. The van der Waals surface area contributed by atoms with Crippen molar-refractivity contribution in [2.75, 3.05) is 14.1 Å². The molecule has 0 bridgehead atoms. The third-order valence-electron chi connectivity index (χ3n) is 3.13. The Morgan fingerprint density at radius 3 is 2.05 bits per heavy atom. The van der Waals surface area contributed by atoms with Crippen LogP contribution in [0.1, 0.15) is 45.1 Å². The quantitative estimate of drug-likeness (QED) is 0.676. The lowest BCUT2D eigenvalue weighted by molar-refractivity contribution is -0.129. The molecule has 20 heavy (non-hydrogen) atoms. The van der Waals surface area contributed by atoms with Crippen molar-refractivity contribution in [1.82, 2.24) is 4.90 Å². The van der Waals surface area contributed by atoms with Gasteiger partial charge in [0.05, 0.1) is 0 Å². The van der Waals surface area contributed by atoms with Crippen molar-refractivity contribution in [3.8, 4) is 0 Å². The average molecular weight is 279 g/mol. The molecule has 0 aliphatic heterocycles. The first kappa shape index (κ1) is 18.7. The first-order valence-electron chi connectivity index (χ1n) is 7.41. The van der Waals surface area contributed by atoms with Crippen molar-refractivity contribution in [2.24, 2.45) is 0 Å². The number of rotatable bonds is 8. The van der Waals surface area contributed by atoms with E-state index < -0.39 is 0 Å². The monoisotopic (exact) mass is 279 g/mol. The number of nitrogens with zero attached hydrogens (tertiary/aromatic N) is 1. The molecule has 0 radical (unpaired) electrons. The maximum atomic E-state index is 9.76. The van der Waals surface area contributed by atoms with E-state index in [9.17, 15) is 4.79 Å². The Hall–Kier alpha value is -1.35. The second-order valence-electron chi connectivity index (χ2n) is 5.09. The van der Waals surface area contributed by atoms with E-state index in [0.29, 0.717) is 13.1 Å². The molecule has 0 aliphatic rings. The maximum Gasteiger partial charge on any atom is 0.293 e. The predicted octanol–water partition coefficient (Wildman–Crippen LogP) is 3.88. The second kappa shape index (κ2) is 12.7. The number of benzene rings is 1. The fraction of sp³-hybridized carbons (Fsp3) is 0.588. The van der Waals surface area contributed by atoms with E-state index in [2.05, 4.69) is 37.6 Å². The Morgan fingerprint density at radius 2 is 1.65 bits per heavy atom. The highest BCUT2D eigenvalue weighted by molar-refractivity contribution is 5.37. The summed E-state index contributed by atoms with van der Waals surface area (Å²) in [5, 5.41) is 0. The summed E-state index contributed by atoms with van der Waals surface area (Å²) in [5.74, 6) is 0. The van der Waals surface area contributed by atoms with Gasteiger partial charge in [0.25, 0.3) is 6.47 Å². The van der Waals surface area contributed by atoms with Crippen LogP contribution < -0.4 is 0 Å². The normalized spacial score (nSPS) is 10.1. The number of carbonyl (C=O) groups excluding carboxylic acids is 1. The van der Waals surface area contributed by atoms with Crippen LogP contribution in [0.4, 0.5) is 0 Å². The van der Waals surface area contributed by atoms with E-state index in [-0.39, 0.29) is 0 Å². The summed E-state index contributed by atoms with van der Waals surface area (Å²) >= 11 is 0. The van der Waals surface area contributed by atoms with Crippen molar-refractivity contribution in [2.45, 2.75) is 52.2 Å². The van der Waals surface area contributed by atoms with Crippen LogP contribution >= 0.6 is 0 Å². The maximum absolute atomic E-state index is 9.76. The van der Waals surface area contributed by atoms with E-state index >= 15 is 0 Å². The van der Waals surface area contributed by atoms with E-state index in [1.54, 1.807) is 0 Å². The van der Waals surface area contributed by atoms with Crippen LogP contribution in [-0.2, 0) is 16.1 Å². The number of hydrogen-bond donors (Lipinski definition) is 0. The van der Waals surface area contributed by atoms with Gasteiger partial charge in [-0.1, -0.05) is 57.0 Å². The van der Waals surface area contributed by atoms with Gasteiger partial charge in [0.1, 0.15) is 6.61 Å². The minimum atomic E-state index is 0.365. The molecule has 1 rings (SSSR count). The Labute approximate surface area is 123 Å². The van der Waals surface area contributed by atoms with Gasteiger partial charge >= 0.3 is 0 Å². The van der Waals surface area contributed by atoms with E-state index in [0.717, 1.165) is 11.6 Å². The first-order chi connectivity index (χ1) is 9.65. The molecule has 3 nitrogen and oxygen atoms in total. The summed E-state index contributed by atoms with van der Waals surface area (Å²) in [6.45, 7) is 5.33. The smallest absolute Gasteiger partial charge is 0.293 e. The summed E-state index contributed by atoms with van der Waals surface area (Å²) < 4.78 is 4.54. The van der Waals surface area contributed by atoms with Gasteiger partial charge in [-0.3, -0.25) is 4.79 Å². The van der Waals surface area contributed by atoms with Crippen LogP contribution in [-0.4, -0.2) is 31.5 Å². The molecular weight excluding hydrogens is 250 g/mol. The highest BCUT2D eigenvalue weighted by Crippen LogP contribution is 2.08. The van der Waals surface area contributed by atoms with E-state index in [1.165, 1.54) is 25.7 Å². The van der Waals surface area contributed by atoms with Crippen LogP contribution in [0, 0.1) is 0 Å². The molecule has 1 aromatic carbocycles. The molecule has 114 valence electrons. The first-order valence-corrected chi connectivity index (χ1v) is 7.41. The Kier molecular flexibility index (Phi) is 11.8. The number of hydrogen-bond acceptors (Lipinski definition) is 3. The van der Waals surface area contributed by atoms with Gasteiger partial charge in [-0.25, -0.2) is 0 Å². The topological polar surface area (TPSA) is 29.5 Å². The van der Waals surface area contributed by atoms with Crippen molar-refractivity contribution in [3.63, 3.8) is 0 Å². The van der Waals surface area contributed by atoms with Crippen LogP contribution in [0.15, 0.2) is 30.3 Å². The average Bonchev–Trinajstić information content (AvgIpc) is 2.46. The lowest BCUT2D eigenvalue weighted by Crippen LogP contribution is -2.27. The SMILES string of the molecule is CCCC(CCC)N(C)C.O=COCc1ccccc1. The molecule has 3 heteroatoms. The summed E-state index contributed by atoms with van der Waals surface area (Å²) in [4.78, 5) is 12.1. The fourth-order valence-corrected chi connectivity index (χ4v) is 2.03. The van der Waals surface area contributed by atoms with Gasteiger partial charge in [-0.15, -0.1) is 0 Å². The largest absolute Gasteiger partial charge is 0.463 e. The zero-order valence-corrected chi connectivity index (χ0v) is 13.3. The van der Waals surface area contributed by atoms with Gasteiger partial charge in [-0.2, -0.15) is 0 Å². The van der Waals surface area contributed by atoms with E-state index in [1.807, 2.05) is 30.3 Å². The zero-order valence-electron chi connectivity index (χ0n) is 13.3. The molecule has 0 saturated carbocycles. The Bertz CT molecular complexity index is 319. The summed E-state index contributed by atoms with van der Waals surface area (Å²) in [5.41, 5.74) is 1.01. The van der Waals surface area contributed by atoms with E-state index in [4.69, 9.17) is 0 Å². The van der Waals surface area contributed by atoms with Gasteiger partial charge < -0.3 is 9.64 Å².